The van der Waals surface area contributed by atoms with Crippen LogP contribution in [-0.2, 0) is 6.42 Å². The summed E-state index contributed by atoms with van der Waals surface area (Å²) in [4.78, 5) is 2.55. The highest BCUT2D eigenvalue weighted by Crippen LogP contribution is 2.26. The highest BCUT2D eigenvalue weighted by atomic mass is 15.1. The van der Waals surface area contributed by atoms with E-state index in [-0.39, 0.29) is 0 Å². The van der Waals surface area contributed by atoms with E-state index >= 15 is 0 Å². The summed E-state index contributed by atoms with van der Waals surface area (Å²) in [6.07, 6.45) is 5.07. The van der Waals surface area contributed by atoms with E-state index in [1.54, 1.807) is 0 Å². The molecule has 0 saturated heterocycles. The quantitative estimate of drug-likeness (QED) is 0.865. The number of benzene rings is 1. The first-order valence-corrected chi connectivity index (χ1v) is 6.84. The molecule has 0 aromatic heterocycles. The topological polar surface area (TPSA) is 29.3 Å². The van der Waals surface area contributed by atoms with Gasteiger partial charge >= 0.3 is 0 Å². The van der Waals surface area contributed by atoms with Crippen molar-refractivity contribution in [3.05, 3.63) is 29.8 Å². The number of hydrogen-bond acceptors (Lipinski definition) is 2. The van der Waals surface area contributed by atoms with E-state index in [4.69, 9.17) is 5.73 Å². The van der Waals surface area contributed by atoms with Gasteiger partial charge in [0.1, 0.15) is 0 Å². The van der Waals surface area contributed by atoms with Crippen molar-refractivity contribution in [3.63, 3.8) is 0 Å². The standard InChI is InChI=1S/C15H24N2/c1-13(12-16)9-11-17-10-5-4-7-14-6-2-3-8-15(14)17/h2-3,6,8,13H,4-5,7,9-12,16H2,1H3. The van der Waals surface area contributed by atoms with Gasteiger partial charge in [0.25, 0.3) is 0 Å². The van der Waals surface area contributed by atoms with Crippen molar-refractivity contribution < 1.29 is 0 Å². The molecule has 0 aliphatic carbocycles. The number of hydrogen-bond donors (Lipinski definition) is 1. The van der Waals surface area contributed by atoms with Gasteiger partial charge in [0.15, 0.2) is 0 Å². The molecule has 1 atom stereocenters. The van der Waals surface area contributed by atoms with Gasteiger partial charge in [0.2, 0.25) is 0 Å². The number of aryl methyl sites for hydroxylation is 1. The molecule has 2 rings (SSSR count). The molecule has 0 fully saturated rings. The van der Waals surface area contributed by atoms with Gasteiger partial charge in [-0.25, -0.2) is 0 Å². The number of fused-ring (bicyclic) bond motifs is 1. The third-order valence-electron chi connectivity index (χ3n) is 3.75. The van der Waals surface area contributed by atoms with Crippen LogP contribution in [0, 0.1) is 5.92 Å². The average molecular weight is 232 g/mol. The van der Waals surface area contributed by atoms with E-state index in [9.17, 15) is 0 Å². The van der Waals surface area contributed by atoms with Crippen LogP contribution in [0.4, 0.5) is 5.69 Å². The third kappa shape index (κ3) is 3.22. The molecule has 1 aromatic carbocycles. The third-order valence-corrected chi connectivity index (χ3v) is 3.75. The number of nitrogens with zero attached hydrogens (tertiary/aromatic N) is 1. The number of para-hydroxylation sites is 1. The number of anilines is 1. The zero-order valence-electron chi connectivity index (χ0n) is 10.9. The number of rotatable bonds is 4. The molecule has 2 N–H and O–H groups in total. The lowest BCUT2D eigenvalue weighted by Crippen LogP contribution is -2.27. The molecule has 2 nitrogen and oxygen atoms in total. The van der Waals surface area contributed by atoms with E-state index in [1.807, 2.05) is 0 Å². The summed E-state index contributed by atoms with van der Waals surface area (Å²) in [6.45, 7) is 5.39. The Hall–Kier alpha value is -1.02. The predicted octanol–water partition coefficient (Wildman–Crippen LogP) is 2.81. The Morgan fingerprint density at radius 3 is 2.94 bits per heavy atom. The Morgan fingerprint density at radius 1 is 1.29 bits per heavy atom. The lowest BCUT2D eigenvalue weighted by molar-refractivity contribution is 0.534. The minimum atomic E-state index is 0.630. The molecule has 0 saturated carbocycles. The van der Waals surface area contributed by atoms with Crippen LogP contribution in [0.3, 0.4) is 0 Å². The van der Waals surface area contributed by atoms with Gasteiger partial charge in [-0.2, -0.15) is 0 Å². The normalized spacial score (nSPS) is 17.4. The minimum absolute atomic E-state index is 0.630. The Bertz CT molecular complexity index is 349. The van der Waals surface area contributed by atoms with Crippen molar-refractivity contribution in [2.75, 3.05) is 24.5 Å². The smallest absolute Gasteiger partial charge is 0.0398 e. The molecule has 17 heavy (non-hydrogen) atoms. The lowest BCUT2D eigenvalue weighted by atomic mass is 10.1. The van der Waals surface area contributed by atoms with Crippen LogP contribution in [0.15, 0.2) is 24.3 Å². The summed E-state index contributed by atoms with van der Waals surface area (Å²) < 4.78 is 0. The molecular formula is C15H24N2. The first kappa shape index (κ1) is 12.4. The van der Waals surface area contributed by atoms with Crippen LogP contribution in [0.2, 0.25) is 0 Å². The van der Waals surface area contributed by atoms with Crippen molar-refractivity contribution in [1.29, 1.82) is 0 Å². The summed E-state index contributed by atoms with van der Waals surface area (Å²) in [5, 5.41) is 0. The Kier molecular flexibility index (Phi) is 4.43. The molecular weight excluding hydrogens is 208 g/mol. The Labute approximate surface area is 105 Å². The second-order valence-corrected chi connectivity index (χ2v) is 5.20. The van der Waals surface area contributed by atoms with Crippen molar-refractivity contribution in [3.8, 4) is 0 Å². The van der Waals surface area contributed by atoms with Crippen LogP contribution >= 0.6 is 0 Å². The van der Waals surface area contributed by atoms with Crippen molar-refractivity contribution in [2.24, 2.45) is 11.7 Å². The van der Waals surface area contributed by atoms with Gasteiger partial charge in [0, 0.05) is 18.8 Å². The van der Waals surface area contributed by atoms with Crippen molar-refractivity contribution in [1.82, 2.24) is 0 Å². The van der Waals surface area contributed by atoms with Crippen LogP contribution in [0.1, 0.15) is 31.7 Å². The molecule has 0 bridgehead atoms. The van der Waals surface area contributed by atoms with E-state index in [0.717, 1.165) is 13.1 Å². The molecule has 1 heterocycles. The molecule has 2 heteroatoms. The molecule has 0 radical (unpaired) electrons. The second-order valence-electron chi connectivity index (χ2n) is 5.20. The van der Waals surface area contributed by atoms with Crippen molar-refractivity contribution in [2.45, 2.75) is 32.6 Å². The summed E-state index contributed by atoms with van der Waals surface area (Å²) >= 11 is 0. The lowest BCUT2D eigenvalue weighted by Gasteiger charge is -2.26. The maximum atomic E-state index is 5.69. The molecule has 1 aromatic rings. The first-order valence-electron chi connectivity index (χ1n) is 6.84. The zero-order chi connectivity index (χ0) is 12.1. The largest absolute Gasteiger partial charge is 0.371 e. The predicted molar refractivity (Wildman–Crippen MR) is 74.4 cm³/mol. The van der Waals surface area contributed by atoms with E-state index in [2.05, 4.69) is 36.1 Å². The van der Waals surface area contributed by atoms with Crippen LogP contribution in [0.5, 0.6) is 0 Å². The summed E-state index contributed by atoms with van der Waals surface area (Å²) in [5.74, 6) is 0.630. The second kappa shape index (κ2) is 6.06. The van der Waals surface area contributed by atoms with Gasteiger partial charge < -0.3 is 10.6 Å². The molecule has 1 aliphatic heterocycles. The monoisotopic (exact) mass is 232 g/mol. The van der Waals surface area contributed by atoms with Gasteiger partial charge in [-0.05, 0) is 49.8 Å². The molecule has 0 amide bonds. The molecule has 0 spiro atoms. The van der Waals surface area contributed by atoms with E-state index in [0.29, 0.717) is 5.92 Å². The van der Waals surface area contributed by atoms with Gasteiger partial charge in [0.05, 0.1) is 0 Å². The Morgan fingerprint density at radius 2 is 2.12 bits per heavy atom. The highest BCUT2D eigenvalue weighted by molar-refractivity contribution is 5.54. The summed E-state index contributed by atoms with van der Waals surface area (Å²) in [6, 6.07) is 8.86. The van der Waals surface area contributed by atoms with Crippen LogP contribution in [-0.4, -0.2) is 19.6 Å². The van der Waals surface area contributed by atoms with E-state index in [1.165, 1.54) is 43.5 Å². The fourth-order valence-corrected chi connectivity index (χ4v) is 2.50. The maximum absolute atomic E-state index is 5.69. The van der Waals surface area contributed by atoms with Crippen LogP contribution < -0.4 is 10.6 Å². The molecule has 1 unspecified atom stereocenters. The summed E-state index contributed by atoms with van der Waals surface area (Å²) in [7, 11) is 0. The van der Waals surface area contributed by atoms with E-state index < -0.39 is 0 Å². The first-order chi connectivity index (χ1) is 8.31. The highest BCUT2D eigenvalue weighted by Gasteiger charge is 2.14. The number of nitrogens with two attached hydrogens (primary N) is 1. The zero-order valence-corrected chi connectivity index (χ0v) is 10.9. The maximum Gasteiger partial charge on any atom is 0.0398 e. The van der Waals surface area contributed by atoms with Crippen LogP contribution in [0.25, 0.3) is 0 Å². The summed E-state index contributed by atoms with van der Waals surface area (Å²) in [5.41, 5.74) is 8.67. The van der Waals surface area contributed by atoms with Gasteiger partial charge in [-0.3, -0.25) is 0 Å². The van der Waals surface area contributed by atoms with Crippen molar-refractivity contribution >= 4 is 5.69 Å². The average Bonchev–Trinajstić information content (AvgIpc) is 2.58. The molecule has 94 valence electrons. The molecule has 1 aliphatic rings. The van der Waals surface area contributed by atoms with Gasteiger partial charge in [-0.15, -0.1) is 0 Å². The minimum Gasteiger partial charge on any atom is -0.371 e. The Balaban J connectivity index is 2.06. The fraction of sp³-hybridized carbons (Fsp3) is 0.600. The van der Waals surface area contributed by atoms with Gasteiger partial charge in [-0.1, -0.05) is 25.1 Å². The SMILES string of the molecule is CC(CN)CCN1CCCCc2ccccc21. The fourth-order valence-electron chi connectivity index (χ4n) is 2.50.